The van der Waals surface area contributed by atoms with E-state index in [9.17, 15) is 14.7 Å². The predicted molar refractivity (Wildman–Crippen MR) is 72.4 cm³/mol. The summed E-state index contributed by atoms with van der Waals surface area (Å²) in [6, 6.07) is 3.04. The summed E-state index contributed by atoms with van der Waals surface area (Å²) in [7, 11) is 1.42. The maximum Gasteiger partial charge on any atom is 0.216 e. The molecule has 0 saturated heterocycles. The highest BCUT2D eigenvalue weighted by Crippen LogP contribution is 2.31. The van der Waals surface area contributed by atoms with Gasteiger partial charge < -0.3 is 15.2 Å². The van der Waals surface area contributed by atoms with Gasteiger partial charge in [-0.25, -0.2) is 0 Å². The van der Waals surface area contributed by atoms with Gasteiger partial charge in [0.05, 0.1) is 7.11 Å². The van der Waals surface area contributed by atoms with E-state index in [0.29, 0.717) is 30.4 Å². The topological polar surface area (TPSA) is 75.6 Å². The number of rotatable bonds is 6. The predicted octanol–water partition coefficient (Wildman–Crippen LogP) is 1.75. The lowest BCUT2D eigenvalue weighted by Crippen LogP contribution is -2.20. The lowest BCUT2D eigenvalue weighted by molar-refractivity contribution is -0.118. The first-order valence-corrected chi connectivity index (χ1v) is 5.85. The van der Waals surface area contributed by atoms with E-state index in [-0.39, 0.29) is 17.4 Å². The van der Waals surface area contributed by atoms with E-state index in [0.717, 1.165) is 0 Å². The number of hydrogen-bond donors (Lipinski definition) is 2. The number of benzene rings is 1. The van der Waals surface area contributed by atoms with Crippen LogP contribution in [0.5, 0.6) is 11.5 Å². The van der Waals surface area contributed by atoms with Crippen LogP contribution in [-0.2, 0) is 4.79 Å². The number of methoxy groups -OCH3 is 1. The number of hydrogen-bond acceptors (Lipinski definition) is 4. The van der Waals surface area contributed by atoms with Crippen molar-refractivity contribution in [2.24, 2.45) is 0 Å². The molecule has 19 heavy (non-hydrogen) atoms. The second-order valence-corrected chi connectivity index (χ2v) is 3.95. The average molecular weight is 263 g/mol. The van der Waals surface area contributed by atoms with Crippen molar-refractivity contribution in [1.29, 1.82) is 0 Å². The molecule has 2 N–H and O–H groups in total. The molecule has 102 valence electrons. The van der Waals surface area contributed by atoms with Crippen LogP contribution in [0.2, 0.25) is 0 Å². The van der Waals surface area contributed by atoms with Gasteiger partial charge in [-0.15, -0.1) is 0 Å². The van der Waals surface area contributed by atoms with Crippen LogP contribution >= 0.6 is 0 Å². The average Bonchev–Trinajstić information content (AvgIpc) is 2.39. The Morgan fingerprint density at radius 2 is 2.21 bits per heavy atom. The zero-order chi connectivity index (χ0) is 14.3. The van der Waals surface area contributed by atoms with Gasteiger partial charge in [-0.05, 0) is 18.6 Å². The quantitative estimate of drug-likeness (QED) is 0.605. The van der Waals surface area contributed by atoms with Gasteiger partial charge >= 0.3 is 0 Å². The fourth-order valence-electron chi connectivity index (χ4n) is 1.54. The molecule has 0 aromatic heterocycles. The monoisotopic (exact) mass is 263 g/mol. The number of amides is 1. The van der Waals surface area contributed by atoms with E-state index >= 15 is 0 Å². The van der Waals surface area contributed by atoms with Gasteiger partial charge in [0.15, 0.2) is 11.5 Å². The number of carbonyl (C=O) groups is 2. The number of aromatic hydroxyl groups is 1. The number of phenolic OH excluding ortho intramolecular Hbond substituents is 1. The van der Waals surface area contributed by atoms with Gasteiger partial charge in [-0.1, -0.05) is 12.2 Å². The molecule has 1 aromatic rings. The molecule has 0 spiro atoms. The molecular weight excluding hydrogens is 246 g/mol. The Morgan fingerprint density at radius 3 is 2.79 bits per heavy atom. The van der Waals surface area contributed by atoms with Crippen molar-refractivity contribution in [1.82, 2.24) is 5.32 Å². The third kappa shape index (κ3) is 4.46. The summed E-state index contributed by atoms with van der Waals surface area (Å²) in [5, 5.41) is 12.5. The highest BCUT2D eigenvalue weighted by Gasteiger charge is 2.08. The molecule has 5 heteroatoms. The van der Waals surface area contributed by atoms with E-state index in [2.05, 4.69) is 5.32 Å². The summed E-state index contributed by atoms with van der Waals surface area (Å²) in [5.74, 6) is 0.163. The maximum absolute atomic E-state index is 10.8. The van der Waals surface area contributed by atoms with Crippen LogP contribution in [0.3, 0.4) is 0 Å². The fourth-order valence-corrected chi connectivity index (χ4v) is 1.54. The fraction of sp³-hybridized carbons (Fsp3) is 0.286. The van der Waals surface area contributed by atoms with E-state index in [1.165, 1.54) is 20.1 Å². The van der Waals surface area contributed by atoms with Gasteiger partial charge in [0.2, 0.25) is 5.91 Å². The van der Waals surface area contributed by atoms with E-state index < -0.39 is 0 Å². The summed E-state index contributed by atoms with van der Waals surface area (Å²) in [6.45, 7) is 1.98. The molecule has 0 saturated carbocycles. The Balaban J connectivity index is 2.79. The first kappa shape index (κ1) is 14.8. The van der Waals surface area contributed by atoms with Crippen molar-refractivity contribution in [3.63, 3.8) is 0 Å². The Hall–Kier alpha value is -2.30. The minimum absolute atomic E-state index is 0.0103. The number of ether oxygens (including phenoxy) is 1. The molecule has 0 heterocycles. The van der Waals surface area contributed by atoms with Crippen LogP contribution in [0.15, 0.2) is 18.2 Å². The Kier molecular flexibility index (Phi) is 5.60. The summed E-state index contributed by atoms with van der Waals surface area (Å²) in [4.78, 5) is 21.4. The van der Waals surface area contributed by atoms with E-state index in [1.807, 2.05) is 0 Å². The van der Waals surface area contributed by atoms with Gasteiger partial charge in [-0.3, -0.25) is 9.59 Å². The summed E-state index contributed by atoms with van der Waals surface area (Å²) >= 11 is 0. The Bertz CT molecular complexity index is 494. The van der Waals surface area contributed by atoms with E-state index in [4.69, 9.17) is 4.74 Å². The first-order chi connectivity index (χ1) is 9.08. The largest absolute Gasteiger partial charge is 0.504 e. The van der Waals surface area contributed by atoms with Gasteiger partial charge in [-0.2, -0.15) is 0 Å². The van der Waals surface area contributed by atoms with Crippen LogP contribution in [0.1, 0.15) is 29.3 Å². The van der Waals surface area contributed by atoms with Crippen LogP contribution in [-0.4, -0.2) is 31.0 Å². The molecule has 0 fully saturated rings. The van der Waals surface area contributed by atoms with Crippen molar-refractivity contribution in [3.05, 3.63) is 29.3 Å². The number of phenols is 1. The standard InChI is InChI=1S/C14H17NO4/c1-10(17)15-6-4-3-5-12-7-11(9-16)8-13(19-2)14(12)18/h3,5,7-9,18H,4,6H2,1-2H3,(H,15,17). The molecule has 0 aliphatic heterocycles. The second kappa shape index (κ2) is 7.20. The summed E-state index contributed by atoms with van der Waals surface area (Å²) in [6.07, 6.45) is 4.81. The lowest BCUT2D eigenvalue weighted by atomic mass is 10.1. The number of aldehydes is 1. The number of carbonyl (C=O) groups excluding carboxylic acids is 2. The minimum Gasteiger partial charge on any atom is -0.504 e. The van der Waals surface area contributed by atoms with Gasteiger partial charge in [0.25, 0.3) is 0 Å². The Morgan fingerprint density at radius 1 is 1.47 bits per heavy atom. The van der Waals surface area contributed by atoms with Crippen LogP contribution in [0.25, 0.3) is 6.08 Å². The van der Waals surface area contributed by atoms with Crippen LogP contribution in [0, 0.1) is 0 Å². The summed E-state index contributed by atoms with van der Waals surface area (Å²) < 4.78 is 4.99. The smallest absolute Gasteiger partial charge is 0.216 e. The number of nitrogens with one attached hydrogen (secondary N) is 1. The van der Waals surface area contributed by atoms with Crippen LogP contribution < -0.4 is 10.1 Å². The highest BCUT2D eigenvalue weighted by molar-refractivity contribution is 5.79. The van der Waals surface area contributed by atoms with E-state index in [1.54, 1.807) is 18.2 Å². The normalized spacial score (nSPS) is 10.4. The van der Waals surface area contributed by atoms with Crippen molar-refractivity contribution in [2.75, 3.05) is 13.7 Å². The molecule has 5 nitrogen and oxygen atoms in total. The summed E-state index contributed by atoms with van der Waals surface area (Å²) in [5.41, 5.74) is 0.931. The van der Waals surface area contributed by atoms with Crippen LogP contribution in [0.4, 0.5) is 0 Å². The molecule has 1 rings (SSSR count). The molecule has 0 atom stereocenters. The van der Waals surface area contributed by atoms with Gasteiger partial charge in [0, 0.05) is 24.6 Å². The van der Waals surface area contributed by atoms with Crippen molar-refractivity contribution in [2.45, 2.75) is 13.3 Å². The molecule has 0 aliphatic carbocycles. The molecule has 0 bridgehead atoms. The second-order valence-electron chi connectivity index (χ2n) is 3.95. The molecule has 1 amide bonds. The zero-order valence-electron chi connectivity index (χ0n) is 11.0. The SMILES string of the molecule is COc1cc(C=O)cc(C=CCCNC(C)=O)c1O. The molecule has 0 radical (unpaired) electrons. The maximum atomic E-state index is 10.8. The molecule has 0 aliphatic rings. The molecule has 1 aromatic carbocycles. The van der Waals surface area contributed by atoms with Crippen molar-refractivity contribution >= 4 is 18.3 Å². The zero-order valence-corrected chi connectivity index (χ0v) is 11.0. The third-order valence-electron chi connectivity index (χ3n) is 2.47. The van der Waals surface area contributed by atoms with Crippen molar-refractivity contribution in [3.8, 4) is 11.5 Å². The van der Waals surface area contributed by atoms with Gasteiger partial charge in [0.1, 0.15) is 6.29 Å². The minimum atomic E-state index is -0.0825. The molecule has 0 unspecified atom stereocenters. The third-order valence-corrected chi connectivity index (χ3v) is 2.47. The highest BCUT2D eigenvalue weighted by atomic mass is 16.5. The first-order valence-electron chi connectivity index (χ1n) is 5.85. The molecular formula is C14H17NO4. The Labute approximate surface area is 111 Å². The lowest BCUT2D eigenvalue weighted by Gasteiger charge is -2.07. The van der Waals surface area contributed by atoms with Crippen molar-refractivity contribution < 1.29 is 19.4 Å².